The summed E-state index contributed by atoms with van der Waals surface area (Å²) >= 11 is 0. The molecule has 0 aliphatic heterocycles. The fourth-order valence-corrected chi connectivity index (χ4v) is 1.88. The molecule has 21 heavy (non-hydrogen) atoms. The summed E-state index contributed by atoms with van der Waals surface area (Å²) in [6.45, 7) is 1.19. The fourth-order valence-electron chi connectivity index (χ4n) is 1.88. The molecule has 0 heterocycles. The smallest absolute Gasteiger partial charge is 0.314 e. The van der Waals surface area contributed by atoms with Crippen LogP contribution in [0.15, 0.2) is 48.5 Å². The zero-order chi connectivity index (χ0) is 15.5. The molecule has 1 unspecified atom stereocenters. The van der Waals surface area contributed by atoms with E-state index < -0.39 is 27.8 Å². The van der Waals surface area contributed by atoms with Crippen LogP contribution < -0.4 is 4.74 Å². The topological polar surface area (TPSA) is 72.6 Å². The number of ether oxygens (including phenoxy) is 1. The third kappa shape index (κ3) is 3.35. The molecule has 2 aromatic carbocycles. The van der Waals surface area contributed by atoms with E-state index in [1.165, 1.54) is 13.0 Å². The monoisotopic (exact) mass is 291 g/mol. The fraction of sp³-hybridized carbons (Fsp3) is 0.200. The first-order valence-corrected chi connectivity index (χ1v) is 6.25. The van der Waals surface area contributed by atoms with Crippen LogP contribution in [0.1, 0.15) is 12.5 Å². The highest BCUT2D eigenvalue weighted by atomic mass is 19.1. The highest BCUT2D eigenvalue weighted by Crippen LogP contribution is 2.31. The van der Waals surface area contributed by atoms with Crippen LogP contribution in [0.25, 0.3) is 0 Å². The second kappa shape index (κ2) is 5.88. The van der Waals surface area contributed by atoms with Gasteiger partial charge in [-0.2, -0.15) is 0 Å². The molecule has 2 rings (SSSR count). The van der Waals surface area contributed by atoms with E-state index in [2.05, 4.69) is 0 Å². The molecule has 1 N–H and O–H groups in total. The maximum atomic E-state index is 13.7. The van der Waals surface area contributed by atoms with E-state index in [4.69, 9.17) is 4.74 Å². The van der Waals surface area contributed by atoms with Gasteiger partial charge in [-0.15, -0.1) is 0 Å². The predicted molar refractivity (Wildman–Crippen MR) is 74.6 cm³/mol. The largest absolute Gasteiger partial charge is 0.481 e. The Morgan fingerprint density at radius 1 is 1.24 bits per heavy atom. The summed E-state index contributed by atoms with van der Waals surface area (Å²) in [5.41, 5.74) is -1.29. The zero-order valence-corrected chi connectivity index (χ0v) is 11.3. The standard InChI is InChI=1S/C15H14FNO4/c1-15(18,11-6-3-2-4-7-11)10-21-14-12(16)8-5-9-13(14)17(19)20/h2-9,18H,10H2,1H3. The third-order valence-corrected chi connectivity index (χ3v) is 3.04. The van der Waals surface area contributed by atoms with E-state index in [9.17, 15) is 19.6 Å². The van der Waals surface area contributed by atoms with Crippen molar-refractivity contribution in [2.24, 2.45) is 0 Å². The molecule has 0 fully saturated rings. The van der Waals surface area contributed by atoms with E-state index in [1.807, 2.05) is 0 Å². The molecule has 0 saturated carbocycles. The summed E-state index contributed by atoms with van der Waals surface area (Å²) in [5, 5.41) is 21.2. The van der Waals surface area contributed by atoms with Gasteiger partial charge in [0.2, 0.25) is 5.75 Å². The molecule has 0 bridgehead atoms. The highest BCUT2D eigenvalue weighted by molar-refractivity contribution is 5.47. The molecule has 0 amide bonds. The lowest BCUT2D eigenvalue weighted by atomic mass is 9.97. The van der Waals surface area contributed by atoms with Crippen molar-refractivity contribution in [3.05, 3.63) is 70.0 Å². The van der Waals surface area contributed by atoms with Gasteiger partial charge in [-0.1, -0.05) is 36.4 Å². The van der Waals surface area contributed by atoms with E-state index in [0.29, 0.717) is 5.56 Å². The highest BCUT2D eigenvalue weighted by Gasteiger charge is 2.27. The number of hydrogen-bond donors (Lipinski definition) is 1. The van der Waals surface area contributed by atoms with Gasteiger partial charge >= 0.3 is 5.69 Å². The van der Waals surface area contributed by atoms with Crippen LogP contribution in [-0.4, -0.2) is 16.6 Å². The maximum Gasteiger partial charge on any atom is 0.314 e. The van der Waals surface area contributed by atoms with Crippen molar-refractivity contribution >= 4 is 5.69 Å². The Kier molecular flexibility index (Phi) is 4.18. The van der Waals surface area contributed by atoms with Crippen molar-refractivity contribution < 1.29 is 19.2 Å². The summed E-state index contributed by atoms with van der Waals surface area (Å²) in [6, 6.07) is 12.1. The lowest BCUT2D eigenvalue weighted by Gasteiger charge is -2.24. The van der Waals surface area contributed by atoms with Crippen molar-refractivity contribution in [2.75, 3.05) is 6.61 Å². The molecule has 0 aliphatic carbocycles. The van der Waals surface area contributed by atoms with Gasteiger partial charge < -0.3 is 9.84 Å². The minimum Gasteiger partial charge on any atom is -0.481 e. The SMILES string of the molecule is CC(O)(COc1c(F)cccc1[N+](=O)[O-])c1ccccc1. The molecule has 0 saturated heterocycles. The van der Waals surface area contributed by atoms with Crippen LogP contribution in [-0.2, 0) is 5.60 Å². The minimum absolute atomic E-state index is 0.307. The predicted octanol–water partition coefficient (Wildman–Crippen LogP) is 3.02. The third-order valence-electron chi connectivity index (χ3n) is 3.04. The van der Waals surface area contributed by atoms with Gasteiger partial charge in [0, 0.05) is 6.07 Å². The molecule has 5 nitrogen and oxygen atoms in total. The van der Waals surface area contributed by atoms with Gasteiger partial charge in [0.15, 0.2) is 5.82 Å². The molecular formula is C15H14FNO4. The molecule has 6 heteroatoms. The van der Waals surface area contributed by atoms with Crippen molar-refractivity contribution in [1.82, 2.24) is 0 Å². The second-order valence-corrected chi connectivity index (χ2v) is 4.77. The average molecular weight is 291 g/mol. The van der Waals surface area contributed by atoms with Crippen LogP contribution in [0.4, 0.5) is 10.1 Å². The number of aliphatic hydroxyl groups is 1. The minimum atomic E-state index is -1.39. The zero-order valence-electron chi connectivity index (χ0n) is 11.3. The van der Waals surface area contributed by atoms with E-state index in [0.717, 1.165) is 12.1 Å². The van der Waals surface area contributed by atoms with Gasteiger partial charge in [-0.25, -0.2) is 4.39 Å². The second-order valence-electron chi connectivity index (χ2n) is 4.77. The summed E-state index contributed by atoms with van der Waals surface area (Å²) in [6.07, 6.45) is 0. The molecule has 110 valence electrons. The Morgan fingerprint density at radius 3 is 2.52 bits per heavy atom. The molecule has 0 radical (unpaired) electrons. The van der Waals surface area contributed by atoms with Gasteiger partial charge in [-0.3, -0.25) is 10.1 Å². The summed E-state index contributed by atoms with van der Waals surface area (Å²) in [7, 11) is 0. The number of nitro benzene ring substituents is 1. The van der Waals surface area contributed by atoms with Crippen LogP contribution in [0.3, 0.4) is 0 Å². The van der Waals surface area contributed by atoms with Gasteiger partial charge in [0.25, 0.3) is 0 Å². The first-order chi connectivity index (χ1) is 9.92. The first kappa shape index (κ1) is 14.9. The molecule has 0 spiro atoms. The van der Waals surface area contributed by atoms with Gasteiger partial charge in [0.05, 0.1) is 4.92 Å². The normalized spacial score (nSPS) is 13.5. The molecule has 0 aromatic heterocycles. The molecule has 1 atom stereocenters. The van der Waals surface area contributed by atoms with E-state index in [-0.39, 0.29) is 6.61 Å². The number of nitrogens with zero attached hydrogens (tertiary/aromatic N) is 1. The Morgan fingerprint density at radius 2 is 1.90 bits per heavy atom. The number of hydrogen-bond acceptors (Lipinski definition) is 4. The Labute approximate surface area is 120 Å². The van der Waals surface area contributed by atoms with Gasteiger partial charge in [0.1, 0.15) is 12.2 Å². The van der Waals surface area contributed by atoms with Crippen molar-refractivity contribution in [2.45, 2.75) is 12.5 Å². The van der Waals surface area contributed by atoms with Gasteiger partial charge in [-0.05, 0) is 18.6 Å². The van der Waals surface area contributed by atoms with Crippen molar-refractivity contribution in [3.63, 3.8) is 0 Å². The summed E-state index contributed by atoms with van der Waals surface area (Å²) in [4.78, 5) is 10.1. The summed E-state index contributed by atoms with van der Waals surface area (Å²) in [5.74, 6) is -1.31. The Hall–Kier alpha value is -2.47. The average Bonchev–Trinajstić information content (AvgIpc) is 2.46. The van der Waals surface area contributed by atoms with Crippen LogP contribution in [0.5, 0.6) is 5.75 Å². The van der Waals surface area contributed by atoms with E-state index >= 15 is 0 Å². The number of rotatable bonds is 5. The lowest BCUT2D eigenvalue weighted by molar-refractivity contribution is -0.386. The molecular weight excluding hydrogens is 277 g/mol. The summed E-state index contributed by atoms with van der Waals surface area (Å²) < 4.78 is 18.9. The number of benzene rings is 2. The number of nitro groups is 1. The van der Waals surface area contributed by atoms with Crippen LogP contribution in [0.2, 0.25) is 0 Å². The van der Waals surface area contributed by atoms with E-state index in [1.54, 1.807) is 30.3 Å². The maximum absolute atomic E-state index is 13.7. The quantitative estimate of drug-likeness (QED) is 0.679. The van der Waals surface area contributed by atoms with Crippen molar-refractivity contribution in [1.29, 1.82) is 0 Å². The number of halogens is 1. The first-order valence-electron chi connectivity index (χ1n) is 6.25. The Balaban J connectivity index is 2.22. The van der Waals surface area contributed by atoms with Crippen LogP contribution >= 0.6 is 0 Å². The van der Waals surface area contributed by atoms with Crippen LogP contribution in [0, 0.1) is 15.9 Å². The molecule has 0 aliphatic rings. The van der Waals surface area contributed by atoms with Crippen molar-refractivity contribution in [3.8, 4) is 5.75 Å². The molecule has 2 aromatic rings. The number of para-hydroxylation sites is 1. The lowest BCUT2D eigenvalue weighted by Crippen LogP contribution is -2.29. The Bertz CT molecular complexity index is 643.